The van der Waals surface area contributed by atoms with Crippen LogP contribution in [-0.4, -0.2) is 53.1 Å². The van der Waals surface area contributed by atoms with E-state index in [9.17, 15) is 27.9 Å². The summed E-state index contributed by atoms with van der Waals surface area (Å²) >= 11 is 6.65. The Bertz CT molecular complexity index is 2000. The van der Waals surface area contributed by atoms with Gasteiger partial charge in [-0.25, -0.2) is 13.2 Å². The molecule has 1 aliphatic carbocycles. The Labute approximate surface area is 253 Å². The number of hydrogen-bond acceptors (Lipinski definition) is 5. The molecule has 0 bridgehead atoms. The predicted octanol–water partition coefficient (Wildman–Crippen LogP) is 4.45. The Morgan fingerprint density at radius 2 is 1.81 bits per heavy atom. The molecule has 43 heavy (non-hydrogen) atoms. The molecule has 1 aromatic heterocycles. The number of halogens is 1. The van der Waals surface area contributed by atoms with Gasteiger partial charge in [-0.15, -0.1) is 0 Å². The van der Waals surface area contributed by atoms with E-state index in [1.165, 1.54) is 18.2 Å². The van der Waals surface area contributed by atoms with Crippen LogP contribution in [0.15, 0.2) is 77.3 Å². The lowest BCUT2D eigenvalue weighted by atomic mass is 10.0. The third kappa shape index (κ3) is 5.21. The molecule has 2 aliphatic rings. The highest BCUT2D eigenvalue weighted by atomic mass is 35.5. The minimum Gasteiger partial charge on any atom is -0.480 e. The Balaban J connectivity index is 1.25. The van der Waals surface area contributed by atoms with Gasteiger partial charge in [-0.1, -0.05) is 48.0 Å². The molecule has 2 heterocycles. The van der Waals surface area contributed by atoms with E-state index in [-0.39, 0.29) is 27.8 Å². The van der Waals surface area contributed by atoms with Gasteiger partial charge in [0, 0.05) is 42.8 Å². The van der Waals surface area contributed by atoms with E-state index in [1.807, 2.05) is 35.8 Å². The highest BCUT2D eigenvalue weighted by Gasteiger charge is 2.32. The van der Waals surface area contributed by atoms with Crippen LogP contribution in [0.1, 0.15) is 39.5 Å². The maximum absolute atomic E-state index is 13.7. The van der Waals surface area contributed by atoms with E-state index in [0.29, 0.717) is 30.6 Å². The first kappa shape index (κ1) is 28.7. The zero-order valence-corrected chi connectivity index (χ0v) is 25.0. The normalized spacial score (nSPS) is 15.0. The molecule has 11 heteroatoms. The summed E-state index contributed by atoms with van der Waals surface area (Å²) in [4.78, 5) is 41.1. The van der Waals surface area contributed by atoms with Gasteiger partial charge >= 0.3 is 5.97 Å². The van der Waals surface area contributed by atoms with E-state index in [2.05, 4.69) is 5.32 Å². The fourth-order valence-corrected chi connectivity index (χ4v) is 7.03. The topological polar surface area (TPSA) is 126 Å². The van der Waals surface area contributed by atoms with Crippen LogP contribution in [0, 0.1) is 0 Å². The van der Waals surface area contributed by atoms with E-state index < -0.39 is 27.8 Å². The molecule has 0 fully saturated rings. The number of sulfone groups is 1. The third-order valence-corrected chi connectivity index (χ3v) is 9.55. The second-order valence-corrected chi connectivity index (χ2v) is 13.4. The number of nitrogens with zero attached hydrogens (tertiary/aromatic N) is 2. The Morgan fingerprint density at radius 1 is 1.05 bits per heavy atom. The van der Waals surface area contributed by atoms with Gasteiger partial charge < -0.3 is 19.9 Å². The maximum atomic E-state index is 13.7. The van der Waals surface area contributed by atoms with Crippen LogP contribution in [0.2, 0.25) is 5.02 Å². The molecule has 0 saturated carbocycles. The number of hydrogen-bond donors (Lipinski definition) is 2. The SMILES string of the molecule is CC1=C(C(=O)N2Cc3cc(Cl)c(C(=O)NC(Cc4cccc(S(C)(=O)=O)c4)C(=O)O)c4ccn(c34)C2)Cc2ccccc21. The van der Waals surface area contributed by atoms with Gasteiger partial charge in [-0.3, -0.25) is 9.59 Å². The van der Waals surface area contributed by atoms with E-state index in [1.54, 1.807) is 29.3 Å². The van der Waals surface area contributed by atoms with Gasteiger partial charge in [-0.05, 0) is 59.0 Å². The van der Waals surface area contributed by atoms with E-state index in [0.717, 1.165) is 39.6 Å². The molecule has 1 aliphatic heterocycles. The van der Waals surface area contributed by atoms with E-state index in [4.69, 9.17) is 11.6 Å². The lowest BCUT2D eigenvalue weighted by molar-refractivity contribution is -0.139. The first-order valence-electron chi connectivity index (χ1n) is 13.6. The number of carboxylic acids is 1. The first-order valence-corrected chi connectivity index (χ1v) is 15.9. The van der Waals surface area contributed by atoms with Gasteiger partial charge in [0.15, 0.2) is 9.84 Å². The Kier molecular flexibility index (Phi) is 7.14. The second kappa shape index (κ2) is 10.7. The summed E-state index contributed by atoms with van der Waals surface area (Å²) in [5, 5.41) is 13.1. The molecule has 2 N–H and O–H groups in total. The number of benzene rings is 3. The minimum absolute atomic E-state index is 0.0524. The number of aliphatic carboxylic acids is 1. The summed E-state index contributed by atoms with van der Waals surface area (Å²) < 4.78 is 25.8. The molecule has 1 atom stereocenters. The number of carbonyl (C=O) groups is 3. The van der Waals surface area contributed by atoms with Crippen molar-refractivity contribution in [1.29, 1.82) is 0 Å². The van der Waals surface area contributed by atoms with Crippen LogP contribution in [-0.2, 0) is 45.5 Å². The molecule has 6 rings (SSSR count). The number of nitrogens with one attached hydrogen (secondary N) is 1. The van der Waals surface area contributed by atoms with Gasteiger partial charge in [0.1, 0.15) is 6.04 Å². The molecule has 4 aromatic rings. The molecular weight excluding hydrogens is 590 g/mol. The number of carboxylic acid groups (broad SMARTS) is 1. The minimum atomic E-state index is -3.49. The number of rotatable bonds is 7. The van der Waals surface area contributed by atoms with Gasteiger partial charge in [0.05, 0.1) is 27.7 Å². The molecule has 0 spiro atoms. The van der Waals surface area contributed by atoms with Crippen LogP contribution < -0.4 is 5.32 Å². The lowest BCUT2D eigenvalue weighted by Gasteiger charge is -2.30. The van der Waals surface area contributed by atoms with Crippen molar-refractivity contribution in [3.63, 3.8) is 0 Å². The highest BCUT2D eigenvalue weighted by molar-refractivity contribution is 7.90. The quantitative estimate of drug-likeness (QED) is 0.316. The van der Waals surface area contributed by atoms with Crippen LogP contribution >= 0.6 is 11.6 Å². The Morgan fingerprint density at radius 3 is 2.53 bits per heavy atom. The van der Waals surface area contributed by atoms with Crippen molar-refractivity contribution in [1.82, 2.24) is 14.8 Å². The van der Waals surface area contributed by atoms with Crippen molar-refractivity contribution in [2.75, 3.05) is 6.26 Å². The number of amides is 2. The van der Waals surface area contributed by atoms with Crippen molar-refractivity contribution in [2.45, 2.75) is 43.9 Å². The standard InChI is InChI=1S/C32H28ClN3O6S/c1-18-23-9-4-3-7-20(23)14-25(18)31(38)36-16-21-15-26(33)28(24-10-11-35(17-36)29(21)24)30(37)34-27(32(39)40)13-19-6-5-8-22(12-19)43(2,41)42/h3-12,15,27H,13-14,16-17H2,1-2H3,(H,34,37)(H,39,40). The molecule has 0 saturated heterocycles. The average molecular weight is 618 g/mol. The predicted molar refractivity (Wildman–Crippen MR) is 162 cm³/mol. The molecule has 9 nitrogen and oxygen atoms in total. The summed E-state index contributed by atoms with van der Waals surface area (Å²) in [6.07, 6.45) is 3.31. The maximum Gasteiger partial charge on any atom is 0.326 e. The van der Waals surface area contributed by atoms with Crippen LogP contribution in [0.3, 0.4) is 0 Å². The molecule has 3 aromatic carbocycles. The van der Waals surface area contributed by atoms with Crippen molar-refractivity contribution in [3.8, 4) is 0 Å². The second-order valence-electron chi connectivity index (χ2n) is 11.0. The van der Waals surface area contributed by atoms with Crippen molar-refractivity contribution in [3.05, 3.63) is 105 Å². The summed E-state index contributed by atoms with van der Waals surface area (Å²) in [6, 6.07) is 16.0. The monoisotopic (exact) mass is 617 g/mol. The number of allylic oxidation sites excluding steroid dienone is 1. The highest BCUT2D eigenvalue weighted by Crippen LogP contribution is 2.37. The van der Waals surface area contributed by atoms with Gasteiger partial charge in [0.25, 0.3) is 11.8 Å². The van der Waals surface area contributed by atoms with Crippen molar-refractivity contribution in [2.24, 2.45) is 0 Å². The van der Waals surface area contributed by atoms with Gasteiger partial charge in [-0.2, -0.15) is 0 Å². The number of carbonyl (C=O) groups excluding carboxylic acids is 2. The molecule has 220 valence electrons. The molecule has 1 unspecified atom stereocenters. The summed E-state index contributed by atoms with van der Waals surface area (Å²) in [5.74, 6) is -1.99. The van der Waals surface area contributed by atoms with E-state index >= 15 is 0 Å². The third-order valence-electron chi connectivity index (χ3n) is 8.14. The van der Waals surface area contributed by atoms with Crippen LogP contribution in [0.5, 0.6) is 0 Å². The van der Waals surface area contributed by atoms with Crippen molar-refractivity contribution >= 4 is 55.7 Å². The summed E-state index contributed by atoms with van der Waals surface area (Å²) in [6.45, 7) is 2.57. The number of aromatic nitrogens is 1. The summed E-state index contributed by atoms with van der Waals surface area (Å²) in [5.41, 5.74) is 6.08. The van der Waals surface area contributed by atoms with Crippen molar-refractivity contribution < 1.29 is 27.9 Å². The fourth-order valence-electron chi connectivity index (χ4n) is 6.02. The average Bonchev–Trinajstić information content (AvgIpc) is 3.53. The molecule has 2 amide bonds. The first-order chi connectivity index (χ1) is 20.4. The zero-order valence-electron chi connectivity index (χ0n) is 23.4. The van der Waals surface area contributed by atoms with Crippen LogP contribution in [0.4, 0.5) is 0 Å². The zero-order chi connectivity index (χ0) is 30.6. The summed E-state index contributed by atoms with van der Waals surface area (Å²) in [7, 11) is -3.49. The smallest absolute Gasteiger partial charge is 0.326 e. The Hall–Kier alpha value is -4.41. The fraction of sp³-hybridized carbons (Fsp3) is 0.219. The lowest BCUT2D eigenvalue weighted by Crippen LogP contribution is -2.42. The van der Waals surface area contributed by atoms with Gasteiger partial charge in [0.2, 0.25) is 0 Å². The largest absolute Gasteiger partial charge is 0.480 e. The molecule has 0 radical (unpaired) electrons. The van der Waals surface area contributed by atoms with Crippen LogP contribution in [0.25, 0.3) is 16.5 Å². The number of fused-ring (bicyclic) bond motifs is 1. The molecular formula is C32H28ClN3O6S.